The number of halogens is 1. The lowest BCUT2D eigenvalue weighted by Gasteiger charge is -2.02. The summed E-state index contributed by atoms with van der Waals surface area (Å²) in [5.41, 5.74) is 4.72. The van der Waals surface area contributed by atoms with Gasteiger partial charge in [0.15, 0.2) is 5.78 Å². The zero-order valence-corrected chi connectivity index (χ0v) is 12.7. The molecule has 0 aliphatic rings. The van der Waals surface area contributed by atoms with Crippen LogP contribution >= 0.6 is 15.9 Å². The molecule has 1 amide bonds. The van der Waals surface area contributed by atoms with Gasteiger partial charge in [0.05, 0.1) is 9.40 Å². The topological polar surface area (TPSA) is 124 Å². The summed E-state index contributed by atoms with van der Waals surface area (Å²) in [5.74, 6) is -0.230. The van der Waals surface area contributed by atoms with Crippen molar-refractivity contribution in [2.24, 2.45) is 5.73 Å². The zero-order valence-electron chi connectivity index (χ0n) is 11.1. The lowest BCUT2D eigenvalue weighted by Crippen LogP contribution is -2.03. The van der Waals surface area contributed by atoms with E-state index in [-0.39, 0.29) is 11.5 Å². The third-order valence-electron chi connectivity index (χ3n) is 2.44. The average molecular weight is 367 g/mol. The summed E-state index contributed by atoms with van der Waals surface area (Å²) < 4.78 is 0.358. The fraction of sp³-hybridized carbons (Fsp3) is 0. The van der Waals surface area contributed by atoms with Gasteiger partial charge in [-0.2, -0.15) is 0 Å². The molecule has 0 spiro atoms. The Balaban J connectivity index is 0.000000541. The molecule has 22 heavy (non-hydrogen) atoms. The number of nitro benzene ring substituents is 1. The second kappa shape index (κ2) is 7.89. The predicted molar refractivity (Wildman–Crippen MR) is 82.9 cm³/mol. The Labute approximate surface area is 133 Å². The number of carboxylic acid groups (broad SMARTS) is 1. The normalized spacial score (nSPS) is 9.32. The first-order chi connectivity index (χ1) is 10.3. The van der Waals surface area contributed by atoms with Crippen LogP contribution in [0.1, 0.15) is 15.9 Å². The van der Waals surface area contributed by atoms with Gasteiger partial charge in [0.1, 0.15) is 0 Å². The number of nitro groups is 1. The second-order valence-corrected chi connectivity index (χ2v) is 4.81. The molecular weight excluding hydrogens is 356 g/mol. The molecular formula is C14H11BrN2O5. The molecule has 2 aromatic carbocycles. The Morgan fingerprint density at radius 3 is 2.14 bits per heavy atom. The highest BCUT2D eigenvalue weighted by Gasteiger charge is 2.16. The van der Waals surface area contributed by atoms with E-state index < -0.39 is 11.0 Å². The summed E-state index contributed by atoms with van der Waals surface area (Å²) >= 11 is 3.08. The molecule has 0 unspecified atom stereocenters. The molecule has 0 aromatic heterocycles. The van der Waals surface area contributed by atoms with Crippen LogP contribution in [-0.4, -0.2) is 21.9 Å². The van der Waals surface area contributed by atoms with Crippen LogP contribution in [-0.2, 0) is 0 Å². The van der Waals surface area contributed by atoms with Gasteiger partial charge in [0.25, 0.3) is 5.69 Å². The summed E-state index contributed by atoms with van der Waals surface area (Å²) in [4.78, 5) is 31.1. The molecule has 0 atom stereocenters. The van der Waals surface area contributed by atoms with Crippen LogP contribution in [0.15, 0.2) is 53.0 Å². The third kappa shape index (κ3) is 4.98. The van der Waals surface area contributed by atoms with Gasteiger partial charge < -0.3 is 10.8 Å². The zero-order chi connectivity index (χ0) is 16.7. The first-order valence-electron chi connectivity index (χ1n) is 5.85. The van der Waals surface area contributed by atoms with Crippen molar-refractivity contribution in [3.05, 3.63) is 74.2 Å². The van der Waals surface area contributed by atoms with Crippen molar-refractivity contribution in [1.29, 1.82) is 0 Å². The molecule has 0 bridgehead atoms. The van der Waals surface area contributed by atoms with Gasteiger partial charge in [-0.25, -0.2) is 4.79 Å². The first kappa shape index (κ1) is 17.3. The maximum atomic E-state index is 12.1. The van der Waals surface area contributed by atoms with Crippen molar-refractivity contribution in [2.75, 3.05) is 0 Å². The Hall–Kier alpha value is -2.74. The van der Waals surface area contributed by atoms with Crippen molar-refractivity contribution in [3.8, 4) is 0 Å². The Bertz CT molecular complexity index is 700. The van der Waals surface area contributed by atoms with Crippen LogP contribution < -0.4 is 5.73 Å². The number of amides is 1. The van der Waals surface area contributed by atoms with Crippen molar-refractivity contribution >= 4 is 33.5 Å². The minimum Gasteiger partial charge on any atom is -0.465 e. The van der Waals surface area contributed by atoms with Gasteiger partial charge >= 0.3 is 6.09 Å². The highest BCUT2D eigenvalue weighted by atomic mass is 79.9. The van der Waals surface area contributed by atoms with Crippen LogP contribution in [0, 0.1) is 10.1 Å². The maximum absolute atomic E-state index is 12.1. The van der Waals surface area contributed by atoms with Crippen molar-refractivity contribution in [1.82, 2.24) is 0 Å². The largest absolute Gasteiger partial charge is 0.465 e. The summed E-state index contributed by atoms with van der Waals surface area (Å²) in [6, 6.07) is 13.0. The summed E-state index contributed by atoms with van der Waals surface area (Å²) in [5, 5.41) is 18.0. The van der Waals surface area contributed by atoms with Gasteiger partial charge in [-0.05, 0) is 28.1 Å². The highest BCUT2D eigenvalue weighted by Crippen LogP contribution is 2.26. The van der Waals surface area contributed by atoms with E-state index in [0.717, 1.165) is 0 Å². The molecule has 8 heteroatoms. The van der Waals surface area contributed by atoms with Crippen molar-refractivity contribution in [3.63, 3.8) is 0 Å². The maximum Gasteiger partial charge on any atom is 0.402 e. The van der Waals surface area contributed by atoms with Crippen LogP contribution in [0.5, 0.6) is 0 Å². The average Bonchev–Trinajstić information content (AvgIpc) is 2.47. The first-order valence-corrected chi connectivity index (χ1v) is 6.64. The van der Waals surface area contributed by atoms with Crippen LogP contribution in [0.2, 0.25) is 0 Å². The summed E-state index contributed by atoms with van der Waals surface area (Å²) in [6.07, 6.45) is -1.33. The number of rotatable bonds is 3. The monoisotopic (exact) mass is 366 g/mol. The molecule has 2 rings (SSSR count). The molecule has 114 valence electrons. The van der Waals surface area contributed by atoms with Gasteiger partial charge in [-0.1, -0.05) is 30.3 Å². The molecule has 0 saturated heterocycles. The van der Waals surface area contributed by atoms with Crippen LogP contribution in [0.4, 0.5) is 10.5 Å². The predicted octanol–water partition coefficient (Wildman–Crippen LogP) is 3.21. The van der Waals surface area contributed by atoms with E-state index in [0.29, 0.717) is 15.6 Å². The molecule has 0 radical (unpaired) electrons. The van der Waals surface area contributed by atoms with E-state index in [1.165, 1.54) is 12.1 Å². The number of hydrogen-bond acceptors (Lipinski definition) is 4. The summed E-state index contributed by atoms with van der Waals surface area (Å²) in [6.45, 7) is 0. The number of primary amides is 1. The van der Waals surface area contributed by atoms with E-state index in [1.54, 1.807) is 36.4 Å². The Morgan fingerprint density at radius 1 is 1.09 bits per heavy atom. The minimum absolute atomic E-state index is 0.114. The van der Waals surface area contributed by atoms with Gasteiger partial charge in [0.2, 0.25) is 0 Å². The summed E-state index contributed by atoms with van der Waals surface area (Å²) in [7, 11) is 0. The van der Waals surface area contributed by atoms with Gasteiger partial charge in [0, 0.05) is 17.2 Å². The standard InChI is InChI=1S/C13H8BrNO3.CH3NO2/c14-11-7-6-10(8-12(11)15(17)18)13(16)9-4-2-1-3-5-9;2-1(3)4/h1-8H;2H2,(H,3,4). The van der Waals surface area contributed by atoms with E-state index in [9.17, 15) is 14.9 Å². The van der Waals surface area contributed by atoms with Crippen molar-refractivity contribution in [2.45, 2.75) is 0 Å². The lowest BCUT2D eigenvalue weighted by atomic mass is 10.0. The quantitative estimate of drug-likeness (QED) is 0.490. The molecule has 0 heterocycles. The van der Waals surface area contributed by atoms with E-state index in [1.807, 2.05) is 0 Å². The smallest absolute Gasteiger partial charge is 0.402 e. The number of nitrogens with two attached hydrogens (primary N) is 1. The molecule has 0 aliphatic heterocycles. The van der Waals surface area contributed by atoms with Gasteiger partial charge in [-0.3, -0.25) is 14.9 Å². The molecule has 3 N–H and O–H groups in total. The fourth-order valence-corrected chi connectivity index (χ4v) is 1.94. The number of carbonyl (C=O) groups is 2. The number of hydrogen-bond donors (Lipinski definition) is 2. The van der Waals surface area contributed by atoms with E-state index >= 15 is 0 Å². The van der Waals surface area contributed by atoms with E-state index in [2.05, 4.69) is 21.7 Å². The highest BCUT2D eigenvalue weighted by molar-refractivity contribution is 9.10. The third-order valence-corrected chi connectivity index (χ3v) is 3.11. The molecule has 0 aliphatic carbocycles. The second-order valence-electron chi connectivity index (χ2n) is 3.96. The van der Waals surface area contributed by atoms with Gasteiger partial charge in [-0.15, -0.1) is 0 Å². The lowest BCUT2D eigenvalue weighted by molar-refractivity contribution is -0.385. The Kier molecular flexibility index (Phi) is 6.21. The van der Waals surface area contributed by atoms with Crippen LogP contribution in [0.25, 0.3) is 0 Å². The fourth-order valence-electron chi connectivity index (χ4n) is 1.55. The number of carbonyl (C=O) groups excluding carboxylic acids is 1. The number of ketones is 1. The SMILES string of the molecule is NC(=O)O.O=C(c1ccccc1)c1ccc(Br)c([N+](=O)[O-])c1. The Morgan fingerprint density at radius 2 is 1.64 bits per heavy atom. The van der Waals surface area contributed by atoms with Crippen molar-refractivity contribution < 1.29 is 19.6 Å². The molecule has 0 fully saturated rings. The molecule has 2 aromatic rings. The molecule has 7 nitrogen and oxygen atoms in total. The van der Waals surface area contributed by atoms with E-state index in [4.69, 9.17) is 9.90 Å². The number of nitrogens with zero attached hydrogens (tertiary/aromatic N) is 1. The van der Waals surface area contributed by atoms with Crippen LogP contribution in [0.3, 0.4) is 0 Å². The number of benzene rings is 2. The molecule has 0 saturated carbocycles. The minimum atomic E-state index is -1.33.